The Morgan fingerprint density at radius 3 is 2.95 bits per heavy atom. The number of nitrogen functional groups attached to an aromatic ring is 1. The molecule has 6 nitrogen and oxygen atoms in total. The van der Waals surface area contributed by atoms with Crippen LogP contribution in [0.25, 0.3) is 0 Å². The highest BCUT2D eigenvalue weighted by atomic mass is 19.3. The van der Waals surface area contributed by atoms with Gasteiger partial charge in [0.1, 0.15) is 17.2 Å². The molecule has 1 fully saturated rings. The average molecular weight is 286 g/mol. The van der Waals surface area contributed by atoms with E-state index in [-0.39, 0.29) is 24.5 Å². The molecule has 3 N–H and O–H groups in total. The van der Waals surface area contributed by atoms with E-state index in [0.717, 1.165) is 0 Å². The molecule has 1 aliphatic rings. The number of carbonyl (C=O) groups is 1. The number of anilines is 1. The van der Waals surface area contributed by atoms with Crippen molar-refractivity contribution in [1.29, 1.82) is 0 Å². The van der Waals surface area contributed by atoms with E-state index in [4.69, 9.17) is 10.8 Å². The Kier molecular flexibility index (Phi) is 3.85. The summed E-state index contributed by atoms with van der Waals surface area (Å²) in [6, 6.07) is 0. The lowest BCUT2D eigenvalue weighted by atomic mass is 9.94. The Balaban J connectivity index is 2.18. The normalized spacial score (nSPS) is 21.8. The second-order valence-electron chi connectivity index (χ2n) is 4.86. The van der Waals surface area contributed by atoms with Crippen molar-refractivity contribution >= 4 is 11.7 Å². The highest BCUT2D eigenvalue weighted by Gasteiger charge is 2.45. The Bertz CT molecular complexity index is 524. The molecule has 0 radical (unpaired) electrons. The van der Waals surface area contributed by atoms with Crippen LogP contribution in [0.1, 0.15) is 22.6 Å². The van der Waals surface area contributed by atoms with Gasteiger partial charge < -0.3 is 15.7 Å². The first-order valence-electron chi connectivity index (χ1n) is 6.22. The summed E-state index contributed by atoms with van der Waals surface area (Å²) in [6.45, 7) is 0.663. The maximum absolute atomic E-state index is 13.5. The van der Waals surface area contributed by atoms with Gasteiger partial charge in [0, 0.05) is 25.7 Å². The molecule has 0 bridgehead atoms. The number of aromatic nitrogens is 2. The van der Waals surface area contributed by atoms with E-state index in [9.17, 15) is 13.6 Å². The number of halogens is 2. The minimum Gasteiger partial charge on any atom is -0.396 e. The van der Waals surface area contributed by atoms with Crippen molar-refractivity contribution in [3.05, 3.63) is 17.6 Å². The lowest BCUT2D eigenvalue weighted by Gasteiger charge is -2.37. The van der Waals surface area contributed by atoms with Gasteiger partial charge in [-0.1, -0.05) is 0 Å². The fraction of sp³-hybridized carbons (Fsp3) is 0.583. The summed E-state index contributed by atoms with van der Waals surface area (Å²) < 4.78 is 27.0. The summed E-state index contributed by atoms with van der Waals surface area (Å²) >= 11 is 0. The van der Waals surface area contributed by atoms with Crippen LogP contribution in [0.2, 0.25) is 0 Å². The maximum Gasteiger partial charge on any atom is 0.259 e. The second-order valence-corrected chi connectivity index (χ2v) is 4.86. The van der Waals surface area contributed by atoms with Gasteiger partial charge in [-0.25, -0.2) is 18.7 Å². The average Bonchev–Trinajstić information content (AvgIpc) is 2.37. The fourth-order valence-electron chi connectivity index (χ4n) is 2.18. The molecule has 110 valence electrons. The van der Waals surface area contributed by atoms with Crippen LogP contribution in [0.15, 0.2) is 6.20 Å². The summed E-state index contributed by atoms with van der Waals surface area (Å²) in [5, 5.41) is 9.02. The predicted octanol–water partition coefficient (Wildman–Crippen LogP) is 0.457. The fourth-order valence-corrected chi connectivity index (χ4v) is 2.18. The van der Waals surface area contributed by atoms with Gasteiger partial charge in [-0.3, -0.25) is 4.79 Å². The molecule has 1 aliphatic heterocycles. The van der Waals surface area contributed by atoms with E-state index in [1.807, 2.05) is 0 Å². The maximum atomic E-state index is 13.5. The Hall–Kier alpha value is -1.83. The van der Waals surface area contributed by atoms with Crippen LogP contribution in [0.3, 0.4) is 0 Å². The summed E-state index contributed by atoms with van der Waals surface area (Å²) in [5.74, 6) is -4.25. The zero-order valence-electron chi connectivity index (χ0n) is 11.0. The van der Waals surface area contributed by atoms with Crippen LogP contribution in [-0.2, 0) is 0 Å². The Morgan fingerprint density at radius 2 is 2.35 bits per heavy atom. The molecule has 1 aromatic rings. The quantitative estimate of drug-likeness (QED) is 0.824. The van der Waals surface area contributed by atoms with E-state index < -0.39 is 30.8 Å². The van der Waals surface area contributed by atoms with Crippen molar-refractivity contribution in [2.75, 3.05) is 25.4 Å². The van der Waals surface area contributed by atoms with Crippen molar-refractivity contribution < 1.29 is 18.7 Å². The molecule has 2 rings (SSSR count). The number of amides is 1. The summed E-state index contributed by atoms with van der Waals surface area (Å²) in [6.07, 6.45) is 0.817. The van der Waals surface area contributed by atoms with Gasteiger partial charge in [-0.05, 0) is 6.92 Å². The number of likely N-dealkylation sites (tertiary alicyclic amines) is 1. The molecule has 1 amide bonds. The molecule has 0 aromatic carbocycles. The highest BCUT2D eigenvalue weighted by molar-refractivity contribution is 5.98. The SMILES string of the molecule is Cc1ncc(C(=O)N2CCC(F)(F)C(CO)C2)c(N)n1. The minimum atomic E-state index is -2.96. The van der Waals surface area contributed by atoms with E-state index in [2.05, 4.69) is 9.97 Å². The van der Waals surface area contributed by atoms with E-state index in [1.54, 1.807) is 6.92 Å². The molecule has 0 aliphatic carbocycles. The smallest absolute Gasteiger partial charge is 0.259 e. The van der Waals surface area contributed by atoms with Crippen molar-refractivity contribution in [3.63, 3.8) is 0 Å². The van der Waals surface area contributed by atoms with Crippen molar-refractivity contribution in [2.45, 2.75) is 19.3 Å². The molecular weight excluding hydrogens is 270 g/mol. The number of carbonyl (C=O) groups excluding carboxylic acids is 1. The number of aliphatic hydroxyl groups is 1. The van der Waals surface area contributed by atoms with Gasteiger partial charge in [-0.15, -0.1) is 0 Å². The number of hydrogen-bond acceptors (Lipinski definition) is 5. The molecule has 8 heteroatoms. The van der Waals surface area contributed by atoms with Gasteiger partial charge in [-0.2, -0.15) is 0 Å². The third-order valence-electron chi connectivity index (χ3n) is 3.43. The molecule has 0 saturated carbocycles. The number of nitrogens with zero attached hydrogens (tertiary/aromatic N) is 3. The zero-order valence-corrected chi connectivity index (χ0v) is 11.0. The molecule has 0 spiro atoms. The van der Waals surface area contributed by atoms with Gasteiger partial charge in [0.25, 0.3) is 11.8 Å². The van der Waals surface area contributed by atoms with Crippen molar-refractivity contribution in [1.82, 2.24) is 14.9 Å². The van der Waals surface area contributed by atoms with Gasteiger partial charge in [0.15, 0.2) is 0 Å². The zero-order chi connectivity index (χ0) is 14.9. The number of alkyl halides is 2. The molecular formula is C12H16F2N4O2. The van der Waals surface area contributed by atoms with Gasteiger partial charge >= 0.3 is 0 Å². The summed E-state index contributed by atoms with van der Waals surface area (Å²) in [5.41, 5.74) is 5.75. The molecule has 1 saturated heterocycles. The lowest BCUT2D eigenvalue weighted by molar-refractivity contribution is -0.113. The monoisotopic (exact) mass is 286 g/mol. The van der Waals surface area contributed by atoms with Crippen LogP contribution in [0.4, 0.5) is 14.6 Å². The van der Waals surface area contributed by atoms with Crippen molar-refractivity contribution in [2.24, 2.45) is 5.92 Å². The number of nitrogens with two attached hydrogens (primary N) is 1. The summed E-state index contributed by atoms with van der Waals surface area (Å²) in [4.78, 5) is 21.3. The highest BCUT2D eigenvalue weighted by Crippen LogP contribution is 2.33. The van der Waals surface area contributed by atoms with Crippen LogP contribution >= 0.6 is 0 Å². The first kappa shape index (κ1) is 14.6. The largest absolute Gasteiger partial charge is 0.396 e. The Labute approximate surface area is 114 Å². The number of hydrogen-bond donors (Lipinski definition) is 2. The second kappa shape index (κ2) is 5.28. The van der Waals surface area contributed by atoms with Gasteiger partial charge in [0.05, 0.1) is 12.5 Å². The number of rotatable bonds is 2. The van der Waals surface area contributed by atoms with Crippen LogP contribution in [0, 0.1) is 12.8 Å². The third kappa shape index (κ3) is 2.69. The van der Waals surface area contributed by atoms with Gasteiger partial charge in [0.2, 0.25) is 0 Å². The van der Waals surface area contributed by atoms with E-state index in [1.165, 1.54) is 11.1 Å². The standard InChI is InChI=1S/C12H16F2N4O2/c1-7-16-4-9(10(15)17-7)11(20)18-3-2-12(13,14)8(5-18)6-19/h4,8,19H,2-3,5-6H2,1H3,(H2,15,16,17). The molecule has 2 heterocycles. The van der Waals surface area contributed by atoms with E-state index in [0.29, 0.717) is 5.82 Å². The van der Waals surface area contributed by atoms with Crippen LogP contribution in [-0.4, -0.2) is 51.5 Å². The van der Waals surface area contributed by atoms with Crippen molar-refractivity contribution in [3.8, 4) is 0 Å². The third-order valence-corrected chi connectivity index (χ3v) is 3.43. The first-order valence-corrected chi connectivity index (χ1v) is 6.22. The number of piperidine rings is 1. The predicted molar refractivity (Wildman–Crippen MR) is 67.2 cm³/mol. The lowest BCUT2D eigenvalue weighted by Crippen LogP contribution is -2.50. The first-order chi connectivity index (χ1) is 9.35. The molecule has 20 heavy (non-hydrogen) atoms. The van der Waals surface area contributed by atoms with Crippen LogP contribution in [0.5, 0.6) is 0 Å². The summed E-state index contributed by atoms with van der Waals surface area (Å²) in [7, 11) is 0. The molecule has 1 unspecified atom stereocenters. The minimum absolute atomic E-state index is 0.0281. The van der Waals surface area contributed by atoms with E-state index >= 15 is 0 Å². The topological polar surface area (TPSA) is 92.3 Å². The molecule has 1 atom stereocenters. The van der Waals surface area contributed by atoms with Crippen LogP contribution < -0.4 is 5.73 Å². The molecule has 1 aromatic heterocycles. The number of aliphatic hydroxyl groups excluding tert-OH is 1. The number of aryl methyl sites for hydroxylation is 1. The Morgan fingerprint density at radius 1 is 1.65 bits per heavy atom.